The molecule has 1 atom stereocenters. The van der Waals surface area contributed by atoms with Crippen LogP contribution in [0.25, 0.3) is 0 Å². The Hall–Kier alpha value is -1.52. The SMILES string of the molecule is COc1cc(C)c(S(=O)N(C)CCC(=O)NC2CCN(C3CCN(CCN(C)C)CC3)CC2)c(C)c1. The summed E-state index contributed by atoms with van der Waals surface area (Å²) < 4.78 is 20.2. The summed E-state index contributed by atoms with van der Waals surface area (Å²) in [6.07, 6.45) is 4.88. The zero-order valence-electron chi connectivity index (χ0n) is 23.2. The molecule has 0 aliphatic carbocycles. The lowest BCUT2D eigenvalue weighted by Crippen LogP contribution is -2.51. The van der Waals surface area contributed by atoms with Crippen LogP contribution in [0.2, 0.25) is 0 Å². The third kappa shape index (κ3) is 8.25. The number of likely N-dealkylation sites (tertiary alicyclic amines) is 2. The molecule has 0 saturated carbocycles. The zero-order chi connectivity index (χ0) is 26.2. The van der Waals surface area contributed by atoms with Crippen molar-refractivity contribution in [1.82, 2.24) is 24.3 Å². The van der Waals surface area contributed by atoms with Crippen molar-refractivity contribution in [2.45, 2.75) is 62.9 Å². The molecule has 3 rings (SSSR count). The summed E-state index contributed by atoms with van der Waals surface area (Å²) in [5, 5.41) is 3.23. The predicted octanol–water partition coefficient (Wildman–Crippen LogP) is 2.26. The van der Waals surface area contributed by atoms with E-state index < -0.39 is 11.0 Å². The lowest BCUT2D eigenvalue weighted by Gasteiger charge is -2.42. The molecule has 204 valence electrons. The minimum atomic E-state index is -1.31. The van der Waals surface area contributed by atoms with Crippen molar-refractivity contribution in [3.63, 3.8) is 0 Å². The van der Waals surface area contributed by atoms with Crippen molar-refractivity contribution < 1.29 is 13.7 Å². The minimum Gasteiger partial charge on any atom is -0.497 e. The van der Waals surface area contributed by atoms with Crippen LogP contribution in [0, 0.1) is 13.8 Å². The van der Waals surface area contributed by atoms with Crippen molar-refractivity contribution in [1.29, 1.82) is 0 Å². The first-order chi connectivity index (χ1) is 17.2. The van der Waals surface area contributed by atoms with Gasteiger partial charge in [0, 0.05) is 58.3 Å². The predicted molar refractivity (Wildman–Crippen MR) is 147 cm³/mol. The van der Waals surface area contributed by atoms with E-state index in [0.717, 1.165) is 60.8 Å². The van der Waals surface area contributed by atoms with E-state index >= 15 is 0 Å². The van der Waals surface area contributed by atoms with Gasteiger partial charge < -0.3 is 24.8 Å². The Morgan fingerprint density at radius 1 is 1.03 bits per heavy atom. The van der Waals surface area contributed by atoms with E-state index in [1.165, 1.54) is 25.9 Å². The zero-order valence-corrected chi connectivity index (χ0v) is 24.0. The summed E-state index contributed by atoms with van der Waals surface area (Å²) in [4.78, 5) is 20.9. The van der Waals surface area contributed by atoms with Gasteiger partial charge in [-0.1, -0.05) is 0 Å². The maximum Gasteiger partial charge on any atom is 0.221 e. The monoisotopic (exact) mass is 521 g/mol. The van der Waals surface area contributed by atoms with Crippen LogP contribution in [-0.2, 0) is 15.8 Å². The van der Waals surface area contributed by atoms with Crippen LogP contribution in [0.1, 0.15) is 43.2 Å². The molecule has 0 radical (unpaired) electrons. The summed E-state index contributed by atoms with van der Waals surface area (Å²) in [6.45, 7) is 11.2. The van der Waals surface area contributed by atoms with Gasteiger partial charge in [0.1, 0.15) is 16.7 Å². The van der Waals surface area contributed by atoms with Crippen LogP contribution in [-0.4, -0.2) is 115 Å². The first-order valence-electron chi connectivity index (χ1n) is 13.4. The van der Waals surface area contributed by atoms with E-state index in [9.17, 15) is 9.00 Å². The van der Waals surface area contributed by atoms with Gasteiger partial charge in [-0.25, -0.2) is 8.51 Å². The van der Waals surface area contributed by atoms with E-state index in [4.69, 9.17) is 4.74 Å². The smallest absolute Gasteiger partial charge is 0.221 e. The van der Waals surface area contributed by atoms with Crippen LogP contribution in [0.3, 0.4) is 0 Å². The van der Waals surface area contributed by atoms with Gasteiger partial charge in [0.25, 0.3) is 0 Å². The number of hydrogen-bond acceptors (Lipinski definition) is 6. The Morgan fingerprint density at radius 2 is 1.64 bits per heavy atom. The first-order valence-corrected chi connectivity index (χ1v) is 14.5. The Morgan fingerprint density at radius 3 is 2.19 bits per heavy atom. The van der Waals surface area contributed by atoms with Crippen LogP contribution < -0.4 is 10.1 Å². The molecule has 0 spiro atoms. The number of nitrogens with zero attached hydrogens (tertiary/aromatic N) is 4. The van der Waals surface area contributed by atoms with E-state index in [-0.39, 0.29) is 11.9 Å². The number of ether oxygens (including phenoxy) is 1. The first kappa shape index (κ1) is 29.0. The average Bonchev–Trinajstić information content (AvgIpc) is 2.86. The molecular formula is C27H47N5O3S. The molecule has 9 heteroatoms. The van der Waals surface area contributed by atoms with Crippen molar-refractivity contribution in [3.8, 4) is 5.75 Å². The number of amides is 1. The molecule has 1 amide bonds. The van der Waals surface area contributed by atoms with E-state index in [1.54, 1.807) is 11.4 Å². The molecule has 2 heterocycles. The number of carbonyl (C=O) groups excluding carboxylic acids is 1. The molecule has 1 aromatic carbocycles. The highest BCUT2D eigenvalue weighted by Gasteiger charge is 2.28. The molecule has 1 unspecified atom stereocenters. The largest absolute Gasteiger partial charge is 0.497 e. The van der Waals surface area contributed by atoms with Crippen LogP contribution >= 0.6 is 0 Å². The Labute approximate surface area is 220 Å². The third-order valence-corrected chi connectivity index (χ3v) is 9.35. The number of carbonyl (C=O) groups is 1. The summed E-state index contributed by atoms with van der Waals surface area (Å²) in [7, 11) is 6.41. The molecule has 2 fully saturated rings. The minimum absolute atomic E-state index is 0.0506. The Balaban J connectivity index is 1.37. The third-order valence-electron chi connectivity index (χ3n) is 7.61. The molecule has 2 aliphatic heterocycles. The van der Waals surface area contributed by atoms with E-state index in [0.29, 0.717) is 19.0 Å². The second-order valence-electron chi connectivity index (χ2n) is 10.7. The number of rotatable bonds is 11. The van der Waals surface area contributed by atoms with Gasteiger partial charge >= 0.3 is 0 Å². The van der Waals surface area contributed by atoms with Gasteiger partial charge in [-0.15, -0.1) is 0 Å². The lowest BCUT2D eigenvalue weighted by molar-refractivity contribution is -0.122. The van der Waals surface area contributed by atoms with Crippen LogP contribution in [0.5, 0.6) is 5.75 Å². The molecular weight excluding hydrogens is 474 g/mol. The van der Waals surface area contributed by atoms with E-state index in [2.05, 4.69) is 34.1 Å². The number of aryl methyl sites for hydroxylation is 2. The van der Waals surface area contributed by atoms with Gasteiger partial charge in [-0.2, -0.15) is 0 Å². The van der Waals surface area contributed by atoms with Gasteiger partial charge in [0.05, 0.1) is 12.0 Å². The number of hydrogen-bond donors (Lipinski definition) is 1. The molecule has 0 bridgehead atoms. The number of benzene rings is 1. The van der Waals surface area contributed by atoms with E-state index in [1.807, 2.05) is 33.0 Å². The van der Waals surface area contributed by atoms with Crippen molar-refractivity contribution in [2.75, 3.05) is 74.1 Å². The average molecular weight is 522 g/mol. The summed E-state index contributed by atoms with van der Waals surface area (Å²) in [6, 6.07) is 4.74. The quantitative estimate of drug-likeness (QED) is 0.482. The maximum absolute atomic E-state index is 13.1. The molecule has 8 nitrogen and oxygen atoms in total. The van der Waals surface area contributed by atoms with Crippen molar-refractivity contribution in [2.24, 2.45) is 0 Å². The fourth-order valence-corrected chi connectivity index (χ4v) is 6.60. The van der Waals surface area contributed by atoms with Gasteiger partial charge in [-0.3, -0.25) is 4.79 Å². The van der Waals surface area contributed by atoms with Crippen molar-refractivity contribution >= 4 is 16.9 Å². The fraction of sp³-hybridized carbons (Fsp3) is 0.741. The lowest BCUT2D eigenvalue weighted by atomic mass is 9.97. The van der Waals surface area contributed by atoms with Gasteiger partial charge in [-0.05, 0) is 90.0 Å². The van der Waals surface area contributed by atoms with Crippen LogP contribution in [0.4, 0.5) is 0 Å². The molecule has 2 saturated heterocycles. The fourth-order valence-electron chi connectivity index (χ4n) is 5.36. The van der Waals surface area contributed by atoms with Crippen molar-refractivity contribution in [3.05, 3.63) is 23.3 Å². The standard InChI is InChI=1S/C27H47N5O3S/c1-21-19-25(35-6)20-22(2)27(21)36(34)30(5)12-11-26(33)28-23-7-15-32(16-8-23)24-9-13-31(14-10-24)18-17-29(3)4/h19-20,23-24H,7-18H2,1-6H3,(H,28,33). The Bertz CT molecular complexity index is 857. The topological polar surface area (TPSA) is 68.4 Å². The number of nitrogens with one attached hydrogen (secondary N) is 1. The highest BCUT2D eigenvalue weighted by Crippen LogP contribution is 2.26. The number of methoxy groups -OCH3 is 1. The molecule has 1 aromatic rings. The molecule has 36 heavy (non-hydrogen) atoms. The van der Waals surface area contributed by atoms with Crippen LogP contribution in [0.15, 0.2) is 17.0 Å². The molecule has 1 N–H and O–H groups in total. The molecule has 0 aromatic heterocycles. The number of likely N-dealkylation sites (N-methyl/N-ethyl adjacent to an activating group) is 1. The summed E-state index contributed by atoms with van der Waals surface area (Å²) >= 11 is 0. The second-order valence-corrected chi connectivity index (χ2v) is 12.2. The maximum atomic E-state index is 13.1. The summed E-state index contributed by atoms with van der Waals surface area (Å²) in [5.74, 6) is 0.818. The molecule has 2 aliphatic rings. The number of piperidine rings is 2. The van der Waals surface area contributed by atoms with Gasteiger partial charge in [0.15, 0.2) is 0 Å². The highest BCUT2D eigenvalue weighted by atomic mass is 32.2. The normalized spacial score (nSPS) is 19.7. The summed E-state index contributed by atoms with van der Waals surface area (Å²) in [5.41, 5.74) is 1.87. The highest BCUT2D eigenvalue weighted by molar-refractivity contribution is 7.82. The van der Waals surface area contributed by atoms with Gasteiger partial charge in [0.2, 0.25) is 5.91 Å². The Kier molecular flexibility index (Phi) is 11.2. The second kappa shape index (κ2) is 13.9.